The molecule has 0 bridgehead atoms. The lowest BCUT2D eigenvalue weighted by Crippen LogP contribution is -2.41. The summed E-state index contributed by atoms with van der Waals surface area (Å²) in [6.07, 6.45) is 2.97. The van der Waals surface area contributed by atoms with Crippen LogP contribution in [-0.4, -0.2) is 31.5 Å². The van der Waals surface area contributed by atoms with Crippen LogP contribution in [0.4, 0.5) is 8.78 Å². The Balaban J connectivity index is 2.10. The zero-order valence-electron chi connectivity index (χ0n) is 12.9. The Hall–Kier alpha value is -1.40. The van der Waals surface area contributed by atoms with Gasteiger partial charge in [0.05, 0.1) is 7.11 Å². The molecule has 0 aromatic heterocycles. The van der Waals surface area contributed by atoms with E-state index in [0.717, 1.165) is 19.3 Å². The minimum absolute atomic E-state index is 0.114. The first-order valence-corrected chi connectivity index (χ1v) is 7.44. The molecule has 0 saturated heterocycles. The van der Waals surface area contributed by atoms with Crippen LogP contribution < -0.4 is 14.8 Å². The number of alkyl halides is 2. The largest absolute Gasteiger partial charge is 0.497 e. The fourth-order valence-electron chi connectivity index (χ4n) is 3.04. The summed E-state index contributed by atoms with van der Waals surface area (Å²) < 4.78 is 34.7. The standard InChI is InChI=1S/C16H23F2NO3/c1-16(10-20)7-3-4-14(16)19-9-11-8-12(21-2)5-6-13(11)22-15(17)18/h5-6,8,14-15,19-20H,3-4,7,9-10H2,1-2H3. The highest BCUT2D eigenvalue weighted by molar-refractivity contribution is 5.40. The Morgan fingerprint density at radius 2 is 2.23 bits per heavy atom. The smallest absolute Gasteiger partial charge is 0.387 e. The van der Waals surface area contributed by atoms with Gasteiger partial charge in [-0.25, -0.2) is 0 Å². The highest BCUT2D eigenvalue weighted by Crippen LogP contribution is 2.38. The number of aliphatic hydroxyl groups is 1. The topological polar surface area (TPSA) is 50.7 Å². The Labute approximate surface area is 129 Å². The van der Waals surface area contributed by atoms with E-state index in [2.05, 4.69) is 10.1 Å². The number of nitrogens with one attached hydrogen (secondary N) is 1. The lowest BCUT2D eigenvalue weighted by Gasteiger charge is -2.30. The number of methoxy groups -OCH3 is 1. The SMILES string of the molecule is COc1ccc(OC(F)F)c(CNC2CCCC2(C)CO)c1. The van der Waals surface area contributed by atoms with Gasteiger partial charge in [0.2, 0.25) is 0 Å². The second-order valence-electron chi connectivity index (χ2n) is 5.99. The number of halogens is 2. The lowest BCUT2D eigenvalue weighted by atomic mass is 9.85. The third-order valence-corrected chi connectivity index (χ3v) is 4.47. The van der Waals surface area contributed by atoms with Crippen molar-refractivity contribution < 1.29 is 23.4 Å². The maximum Gasteiger partial charge on any atom is 0.387 e. The molecule has 0 radical (unpaired) electrons. The first-order chi connectivity index (χ1) is 10.5. The number of hydrogen-bond donors (Lipinski definition) is 2. The van der Waals surface area contributed by atoms with Crippen molar-refractivity contribution in [1.29, 1.82) is 0 Å². The first kappa shape index (κ1) is 17.0. The van der Waals surface area contributed by atoms with E-state index in [1.165, 1.54) is 13.2 Å². The van der Waals surface area contributed by atoms with Crippen LogP contribution in [0.15, 0.2) is 18.2 Å². The van der Waals surface area contributed by atoms with E-state index in [-0.39, 0.29) is 23.8 Å². The molecule has 1 saturated carbocycles. The van der Waals surface area contributed by atoms with Crippen molar-refractivity contribution in [1.82, 2.24) is 5.32 Å². The maximum atomic E-state index is 12.5. The summed E-state index contributed by atoms with van der Waals surface area (Å²) in [7, 11) is 1.53. The fourth-order valence-corrected chi connectivity index (χ4v) is 3.04. The molecule has 0 spiro atoms. The first-order valence-electron chi connectivity index (χ1n) is 7.44. The average Bonchev–Trinajstić information content (AvgIpc) is 2.87. The van der Waals surface area contributed by atoms with E-state index in [9.17, 15) is 13.9 Å². The quantitative estimate of drug-likeness (QED) is 0.812. The van der Waals surface area contributed by atoms with Gasteiger partial charge in [0.1, 0.15) is 11.5 Å². The van der Waals surface area contributed by atoms with Gasteiger partial charge >= 0.3 is 6.61 Å². The fraction of sp³-hybridized carbons (Fsp3) is 0.625. The predicted octanol–water partition coefficient (Wildman–Crippen LogP) is 2.94. The summed E-state index contributed by atoms with van der Waals surface area (Å²) in [5.41, 5.74) is 0.453. The lowest BCUT2D eigenvalue weighted by molar-refractivity contribution is -0.0505. The number of benzene rings is 1. The molecule has 1 aliphatic rings. The summed E-state index contributed by atoms with van der Waals surface area (Å²) in [6.45, 7) is -0.316. The summed E-state index contributed by atoms with van der Waals surface area (Å²) in [6, 6.07) is 4.93. The number of hydrogen-bond acceptors (Lipinski definition) is 4. The van der Waals surface area contributed by atoms with Crippen LogP contribution in [0.25, 0.3) is 0 Å². The second-order valence-corrected chi connectivity index (χ2v) is 5.99. The zero-order valence-corrected chi connectivity index (χ0v) is 12.9. The molecule has 0 heterocycles. The normalized spacial score (nSPS) is 24.7. The van der Waals surface area contributed by atoms with Crippen molar-refractivity contribution in [2.45, 2.75) is 45.4 Å². The van der Waals surface area contributed by atoms with Gasteiger partial charge in [0, 0.05) is 30.2 Å². The molecule has 1 aromatic rings. The van der Waals surface area contributed by atoms with Gasteiger partial charge < -0.3 is 19.9 Å². The zero-order chi connectivity index (χ0) is 16.2. The van der Waals surface area contributed by atoms with Crippen molar-refractivity contribution in [2.75, 3.05) is 13.7 Å². The van der Waals surface area contributed by atoms with Crippen LogP contribution in [0.2, 0.25) is 0 Å². The second kappa shape index (κ2) is 7.24. The van der Waals surface area contributed by atoms with Gasteiger partial charge in [-0.3, -0.25) is 0 Å². The van der Waals surface area contributed by atoms with E-state index >= 15 is 0 Å². The molecule has 0 amide bonds. The minimum atomic E-state index is -2.86. The van der Waals surface area contributed by atoms with E-state index < -0.39 is 6.61 Å². The van der Waals surface area contributed by atoms with Crippen molar-refractivity contribution in [3.05, 3.63) is 23.8 Å². The van der Waals surface area contributed by atoms with Crippen LogP contribution >= 0.6 is 0 Å². The van der Waals surface area contributed by atoms with Gasteiger partial charge in [-0.1, -0.05) is 13.3 Å². The molecule has 1 fully saturated rings. The molecule has 124 valence electrons. The molecule has 22 heavy (non-hydrogen) atoms. The molecule has 1 aromatic carbocycles. The molecule has 1 aliphatic carbocycles. The summed E-state index contributed by atoms with van der Waals surface area (Å²) in [5.74, 6) is 0.738. The summed E-state index contributed by atoms with van der Waals surface area (Å²) >= 11 is 0. The van der Waals surface area contributed by atoms with Crippen molar-refractivity contribution >= 4 is 0 Å². The van der Waals surface area contributed by atoms with Crippen LogP contribution in [0, 0.1) is 5.41 Å². The predicted molar refractivity (Wildman–Crippen MR) is 79.3 cm³/mol. The number of aliphatic hydroxyl groups excluding tert-OH is 1. The molecule has 0 aliphatic heterocycles. The molecule has 2 N–H and O–H groups in total. The van der Waals surface area contributed by atoms with Gasteiger partial charge in [0.25, 0.3) is 0 Å². The molecule has 4 nitrogen and oxygen atoms in total. The van der Waals surface area contributed by atoms with E-state index in [1.807, 2.05) is 6.92 Å². The highest BCUT2D eigenvalue weighted by atomic mass is 19.3. The van der Waals surface area contributed by atoms with Crippen LogP contribution in [0.5, 0.6) is 11.5 Å². The van der Waals surface area contributed by atoms with Crippen molar-refractivity contribution in [3.63, 3.8) is 0 Å². The molecule has 6 heteroatoms. The van der Waals surface area contributed by atoms with E-state index in [4.69, 9.17) is 4.74 Å². The summed E-state index contributed by atoms with van der Waals surface area (Å²) in [5, 5.41) is 12.9. The van der Waals surface area contributed by atoms with Crippen molar-refractivity contribution in [3.8, 4) is 11.5 Å². The molecule has 2 atom stereocenters. The number of rotatable bonds is 7. The van der Waals surface area contributed by atoms with Gasteiger partial charge in [-0.2, -0.15) is 8.78 Å². The monoisotopic (exact) mass is 315 g/mol. The van der Waals surface area contributed by atoms with Crippen LogP contribution in [-0.2, 0) is 6.54 Å². The Morgan fingerprint density at radius 1 is 1.45 bits per heavy atom. The Bertz CT molecular complexity index is 498. The Morgan fingerprint density at radius 3 is 2.86 bits per heavy atom. The molecular formula is C16H23F2NO3. The van der Waals surface area contributed by atoms with Gasteiger partial charge in [-0.15, -0.1) is 0 Å². The van der Waals surface area contributed by atoms with Crippen LogP contribution in [0.3, 0.4) is 0 Å². The molecule has 2 rings (SSSR count). The highest BCUT2D eigenvalue weighted by Gasteiger charge is 2.37. The molecular weight excluding hydrogens is 292 g/mol. The van der Waals surface area contributed by atoms with Crippen molar-refractivity contribution in [2.24, 2.45) is 5.41 Å². The molecule has 2 unspecified atom stereocenters. The van der Waals surface area contributed by atoms with Gasteiger partial charge in [0.15, 0.2) is 0 Å². The minimum Gasteiger partial charge on any atom is -0.497 e. The van der Waals surface area contributed by atoms with E-state index in [1.54, 1.807) is 12.1 Å². The number of ether oxygens (including phenoxy) is 2. The third kappa shape index (κ3) is 3.87. The van der Waals surface area contributed by atoms with Gasteiger partial charge in [-0.05, 0) is 31.0 Å². The van der Waals surface area contributed by atoms with E-state index in [0.29, 0.717) is 17.9 Å². The third-order valence-electron chi connectivity index (χ3n) is 4.47. The average molecular weight is 315 g/mol. The maximum absolute atomic E-state index is 12.5. The summed E-state index contributed by atoms with van der Waals surface area (Å²) in [4.78, 5) is 0. The van der Waals surface area contributed by atoms with Crippen LogP contribution in [0.1, 0.15) is 31.7 Å². The Kier molecular flexibility index (Phi) is 5.58.